The molecule has 0 bridgehead atoms. The smallest absolute Gasteiger partial charge is 0.182 e. The second-order valence-corrected chi connectivity index (χ2v) is 6.08. The molecule has 2 rings (SSSR count). The molecular formula is C16H24N2O. The Morgan fingerprint density at radius 3 is 2.58 bits per heavy atom. The number of allylic oxidation sites excluding steroid dienone is 5. The molecule has 3 heteroatoms. The minimum Gasteiger partial charge on any atom is -0.370 e. The summed E-state index contributed by atoms with van der Waals surface area (Å²) < 4.78 is 0. The first-order valence-corrected chi connectivity index (χ1v) is 7.11. The van der Waals surface area contributed by atoms with Gasteiger partial charge in [0, 0.05) is 19.2 Å². The number of carbonyl (C=O) groups excluding carboxylic acids is 1. The summed E-state index contributed by atoms with van der Waals surface area (Å²) in [5, 5.41) is 6.27. The Labute approximate surface area is 115 Å². The van der Waals surface area contributed by atoms with Crippen molar-refractivity contribution in [3.8, 4) is 0 Å². The van der Waals surface area contributed by atoms with Crippen LogP contribution in [0.25, 0.3) is 0 Å². The van der Waals surface area contributed by atoms with Crippen LogP contribution in [0.3, 0.4) is 0 Å². The van der Waals surface area contributed by atoms with Gasteiger partial charge in [0.15, 0.2) is 5.78 Å². The van der Waals surface area contributed by atoms with Gasteiger partial charge in [-0.1, -0.05) is 25.5 Å². The van der Waals surface area contributed by atoms with E-state index in [1.807, 2.05) is 6.08 Å². The third-order valence-electron chi connectivity index (χ3n) is 4.00. The van der Waals surface area contributed by atoms with E-state index in [1.54, 1.807) is 12.2 Å². The van der Waals surface area contributed by atoms with Crippen molar-refractivity contribution in [2.45, 2.75) is 40.0 Å². The van der Waals surface area contributed by atoms with Gasteiger partial charge in [0.25, 0.3) is 0 Å². The summed E-state index contributed by atoms with van der Waals surface area (Å²) in [7, 11) is 0. The van der Waals surface area contributed by atoms with Gasteiger partial charge in [-0.25, -0.2) is 0 Å². The van der Waals surface area contributed by atoms with Crippen molar-refractivity contribution >= 4 is 5.78 Å². The van der Waals surface area contributed by atoms with Crippen LogP contribution < -0.4 is 10.6 Å². The quantitative estimate of drug-likeness (QED) is 0.767. The van der Waals surface area contributed by atoms with Crippen molar-refractivity contribution in [3.05, 3.63) is 35.2 Å². The summed E-state index contributed by atoms with van der Waals surface area (Å²) in [5.74, 6) is 0.877. The Hall–Kier alpha value is -1.51. The van der Waals surface area contributed by atoms with E-state index in [0.717, 1.165) is 25.3 Å². The second-order valence-electron chi connectivity index (χ2n) is 6.08. The van der Waals surface area contributed by atoms with Crippen LogP contribution >= 0.6 is 0 Å². The highest BCUT2D eigenvalue weighted by molar-refractivity contribution is 5.99. The van der Waals surface area contributed by atoms with E-state index in [0.29, 0.717) is 0 Å². The standard InChI is InChI=1S/C16H24N2O/c1-12-5-4-8-16(2,3)14(12)7-6-13(19)11-15-17-9-10-18-15/h6-7,11,17-18H,4-5,8-10H2,1-3H3/b7-6+. The van der Waals surface area contributed by atoms with Crippen molar-refractivity contribution < 1.29 is 4.79 Å². The second kappa shape index (κ2) is 5.64. The predicted molar refractivity (Wildman–Crippen MR) is 78.6 cm³/mol. The summed E-state index contributed by atoms with van der Waals surface area (Å²) in [4.78, 5) is 11.9. The fourth-order valence-corrected chi connectivity index (χ4v) is 2.93. The van der Waals surface area contributed by atoms with Crippen molar-refractivity contribution in [3.63, 3.8) is 0 Å². The lowest BCUT2D eigenvalue weighted by Crippen LogP contribution is -2.19. The number of ketones is 1. The van der Waals surface area contributed by atoms with E-state index in [-0.39, 0.29) is 11.2 Å². The zero-order valence-electron chi connectivity index (χ0n) is 12.2. The molecule has 0 amide bonds. The molecule has 0 atom stereocenters. The normalized spacial score (nSPS) is 22.4. The molecule has 0 unspecified atom stereocenters. The highest BCUT2D eigenvalue weighted by atomic mass is 16.1. The average molecular weight is 260 g/mol. The molecule has 1 aliphatic carbocycles. The summed E-state index contributed by atoms with van der Waals surface area (Å²) in [6.07, 6.45) is 8.95. The minimum absolute atomic E-state index is 0.0403. The Morgan fingerprint density at radius 2 is 1.95 bits per heavy atom. The minimum atomic E-state index is 0.0403. The topological polar surface area (TPSA) is 41.1 Å². The van der Waals surface area contributed by atoms with Crippen molar-refractivity contribution in [2.24, 2.45) is 5.41 Å². The van der Waals surface area contributed by atoms with E-state index >= 15 is 0 Å². The molecule has 3 nitrogen and oxygen atoms in total. The lowest BCUT2D eigenvalue weighted by Gasteiger charge is -2.32. The zero-order valence-corrected chi connectivity index (χ0v) is 12.2. The molecule has 2 N–H and O–H groups in total. The Balaban J connectivity index is 2.09. The van der Waals surface area contributed by atoms with Crippen LogP contribution in [0, 0.1) is 5.41 Å². The first kappa shape index (κ1) is 13.9. The summed E-state index contributed by atoms with van der Waals surface area (Å²) >= 11 is 0. The largest absolute Gasteiger partial charge is 0.370 e. The number of nitrogens with one attached hydrogen (secondary N) is 2. The zero-order chi connectivity index (χ0) is 13.9. The molecule has 0 aromatic heterocycles. The molecule has 1 saturated heterocycles. The highest BCUT2D eigenvalue weighted by Crippen LogP contribution is 2.40. The van der Waals surface area contributed by atoms with Gasteiger partial charge in [0.2, 0.25) is 0 Å². The monoisotopic (exact) mass is 260 g/mol. The molecule has 0 aromatic rings. The van der Waals surface area contributed by atoms with Crippen molar-refractivity contribution in [1.29, 1.82) is 0 Å². The van der Waals surface area contributed by atoms with Gasteiger partial charge in [-0.15, -0.1) is 0 Å². The van der Waals surface area contributed by atoms with E-state index in [2.05, 4.69) is 31.4 Å². The maximum atomic E-state index is 11.9. The molecule has 1 aliphatic heterocycles. The number of carbonyl (C=O) groups is 1. The van der Waals surface area contributed by atoms with Gasteiger partial charge in [-0.3, -0.25) is 4.79 Å². The fraction of sp³-hybridized carbons (Fsp3) is 0.562. The molecule has 0 saturated carbocycles. The first-order valence-electron chi connectivity index (χ1n) is 7.11. The van der Waals surface area contributed by atoms with E-state index in [4.69, 9.17) is 0 Å². The maximum Gasteiger partial charge on any atom is 0.182 e. The Kier molecular flexibility index (Phi) is 4.13. The molecule has 104 valence electrons. The van der Waals surface area contributed by atoms with Crippen LogP contribution in [0.15, 0.2) is 35.2 Å². The highest BCUT2D eigenvalue weighted by Gasteiger charge is 2.26. The van der Waals surface area contributed by atoms with Crippen LogP contribution in [-0.2, 0) is 4.79 Å². The predicted octanol–water partition coefficient (Wildman–Crippen LogP) is 2.67. The SMILES string of the molecule is CC1=C(/C=C/C(=O)C=C2NCCN2)C(C)(C)CCC1. The third-order valence-corrected chi connectivity index (χ3v) is 4.00. The third kappa shape index (κ3) is 3.49. The van der Waals surface area contributed by atoms with E-state index in [9.17, 15) is 4.79 Å². The van der Waals surface area contributed by atoms with Gasteiger partial charge in [0.1, 0.15) is 5.82 Å². The average Bonchev–Trinajstić information content (AvgIpc) is 2.80. The summed E-state index contributed by atoms with van der Waals surface area (Å²) in [5.41, 5.74) is 2.94. The molecule has 0 aromatic carbocycles. The molecule has 1 heterocycles. The molecular weight excluding hydrogens is 236 g/mol. The fourth-order valence-electron chi connectivity index (χ4n) is 2.93. The lowest BCUT2D eigenvalue weighted by molar-refractivity contribution is -0.110. The lowest BCUT2D eigenvalue weighted by atomic mass is 9.72. The van der Waals surface area contributed by atoms with Gasteiger partial charge >= 0.3 is 0 Å². The number of hydrogen-bond acceptors (Lipinski definition) is 3. The summed E-state index contributed by atoms with van der Waals surface area (Å²) in [6.45, 7) is 8.49. The van der Waals surface area contributed by atoms with Gasteiger partial charge < -0.3 is 10.6 Å². The summed E-state index contributed by atoms with van der Waals surface area (Å²) in [6, 6.07) is 0. The van der Waals surface area contributed by atoms with E-state index in [1.165, 1.54) is 24.0 Å². The van der Waals surface area contributed by atoms with Crippen LogP contribution in [0.5, 0.6) is 0 Å². The van der Waals surface area contributed by atoms with Crippen LogP contribution in [0.4, 0.5) is 0 Å². The van der Waals surface area contributed by atoms with Crippen molar-refractivity contribution in [1.82, 2.24) is 10.6 Å². The number of rotatable bonds is 3. The van der Waals surface area contributed by atoms with Gasteiger partial charge in [0.05, 0.1) is 0 Å². The number of hydrogen-bond donors (Lipinski definition) is 2. The Morgan fingerprint density at radius 1 is 1.26 bits per heavy atom. The van der Waals surface area contributed by atoms with E-state index < -0.39 is 0 Å². The molecule has 19 heavy (non-hydrogen) atoms. The first-order chi connectivity index (χ1) is 8.99. The molecule has 0 radical (unpaired) electrons. The van der Waals surface area contributed by atoms with Crippen LogP contribution in [-0.4, -0.2) is 18.9 Å². The molecule has 2 aliphatic rings. The van der Waals surface area contributed by atoms with Crippen molar-refractivity contribution in [2.75, 3.05) is 13.1 Å². The van der Waals surface area contributed by atoms with Crippen LogP contribution in [0.1, 0.15) is 40.0 Å². The maximum absolute atomic E-state index is 11.9. The van der Waals surface area contributed by atoms with Crippen LogP contribution in [0.2, 0.25) is 0 Å². The molecule has 1 fully saturated rings. The van der Waals surface area contributed by atoms with Gasteiger partial charge in [-0.05, 0) is 43.3 Å². The van der Waals surface area contributed by atoms with Gasteiger partial charge in [-0.2, -0.15) is 0 Å². The Bertz CT molecular complexity index is 447. The molecule has 0 spiro atoms.